The SMILES string of the molecule is Cc1cn([C@H]2C[C@H](O)[C@@H](CO)O2)c(=O)n(OP(=O)(S)OC2(C)CN([C@H]3C[C@H](O)[C@@H](CO)O3)C(=O)NC2=O)c1=O. The van der Waals surface area contributed by atoms with E-state index in [9.17, 15) is 44.2 Å². The first-order valence-electron chi connectivity index (χ1n) is 11.8. The van der Waals surface area contributed by atoms with Crippen molar-refractivity contribution in [2.45, 2.75) is 69.2 Å². The maximum atomic E-state index is 13.3. The third-order valence-corrected chi connectivity index (χ3v) is 8.08. The van der Waals surface area contributed by atoms with E-state index in [0.29, 0.717) is 0 Å². The number of hydrogen-bond donors (Lipinski definition) is 6. The lowest BCUT2D eigenvalue weighted by Crippen LogP contribution is -2.65. The summed E-state index contributed by atoms with van der Waals surface area (Å²) >= 11 is 3.84. The molecule has 3 fully saturated rings. The lowest BCUT2D eigenvalue weighted by Gasteiger charge is -2.41. The molecule has 3 saturated heterocycles. The Labute approximate surface area is 225 Å². The van der Waals surface area contributed by atoms with Gasteiger partial charge in [-0.05, 0) is 26.1 Å². The van der Waals surface area contributed by atoms with E-state index in [2.05, 4.69) is 12.2 Å². The number of carbonyl (C=O) groups excluding carboxylic acids is 2. The van der Waals surface area contributed by atoms with Gasteiger partial charge in [0, 0.05) is 24.6 Å². The fourth-order valence-electron chi connectivity index (χ4n) is 4.52. The molecule has 0 aliphatic carbocycles. The highest BCUT2D eigenvalue weighted by Gasteiger charge is 2.52. The molecule has 3 aliphatic rings. The topological polar surface area (TPSA) is 228 Å². The summed E-state index contributed by atoms with van der Waals surface area (Å²) in [6.45, 7) is -3.87. The normalized spacial score (nSPS) is 34.7. The van der Waals surface area contributed by atoms with Crippen molar-refractivity contribution in [2.24, 2.45) is 0 Å². The third kappa shape index (κ3) is 5.79. The second kappa shape index (κ2) is 10.9. The zero-order chi connectivity index (χ0) is 28.9. The first-order chi connectivity index (χ1) is 18.2. The van der Waals surface area contributed by atoms with E-state index in [-0.39, 0.29) is 23.1 Å². The molecular formula is C20H29N4O13PS. The summed E-state index contributed by atoms with van der Waals surface area (Å²) in [5.74, 6) is -1.03. The number of imide groups is 1. The molecule has 1 aromatic rings. The molecule has 1 aromatic heterocycles. The van der Waals surface area contributed by atoms with E-state index >= 15 is 0 Å². The number of hydrogen-bond acceptors (Lipinski definition) is 13. The maximum absolute atomic E-state index is 13.3. The molecule has 4 heterocycles. The van der Waals surface area contributed by atoms with Crippen LogP contribution in [0.2, 0.25) is 0 Å². The smallest absolute Gasteiger partial charge is 0.394 e. The largest absolute Gasteiger partial charge is 0.456 e. The number of ether oxygens (including phenoxy) is 2. The average Bonchev–Trinajstić information content (AvgIpc) is 3.42. The van der Waals surface area contributed by atoms with Crippen LogP contribution in [0.4, 0.5) is 4.79 Å². The molecule has 4 rings (SSSR count). The number of aliphatic hydroxyl groups excluding tert-OH is 4. The third-order valence-electron chi connectivity index (χ3n) is 6.61. The number of aliphatic hydroxyl groups is 4. The molecule has 0 spiro atoms. The second-order valence-corrected chi connectivity index (χ2v) is 12.3. The molecule has 39 heavy (non-hydrogen) atoms. The zero-order valence-electron chi connectivity index (χ0n) is 20.8. The van der Waals surface area contributed by atoms with Crippen LogP contribution < -0.4 is 21.2 Å². The minimum Gasteiger partial charge on any atom is -0.394 e. The van der Waals surface area contributed by atoms with Crippen LogP contribution in [0.25, 0.3) is 0 Å². The van der Waals surface area contributed by atoms with Gasteiger partial charge in [-0.2, -0.15) is 0 Å². The van der Waals surface area contributed by atoms with Gasteiger partial charge in [-0.3, -0.25) is 28.9 Å². The van der Waals surface area contributed by atoms with Gasteiger partial charge in [0.2, 0.25) is 0 Å². The van der Waals surface area contributed by atoms with Gasteiger partial charge >= 0.3 is 18.5 Å². The standard InChI is InChI=1S/C20H29N4O13PS/c1-9-5-22(14-3-10(27)12(6-25)34-14)19(32)24(16(9)29)37-38(33,39)36-20(2)8-23(18(31)21-17(20)30)15-4-11(28)13(7-26)35-15/h5,10-15,25-28H,3-4,6-8H2,1-2H3,(H,33,39)(H,21,30,31)/t10-,11-,12+,13+,14+,15+,20?,38?/m0/s1. The van der Waals surface area contributed by atoms with Crippen LogP contribution in [-0.2, 0) is 23.4 Å². The molecule has 19 heteroatoms. The molecule has 3 aliphatic heterocycles. The van der Waals surface area contributed by atoms with Gasteiger partial charge in [0.1, 0.15) is 24.7 Å². The molecule has 0 bridgehead atoms. The number of urea groups is 1. The summed E-state index contributed by atoms with van der Waals surface area (Å²) in [5.41, 5.74) is -4.33. The molecule has 2 unspecified atom stereocenters. The van der Waals surface area contributed by atoms with Crippen LogP contribution in [0, 0.1) is 6.92 Å². The summed E-state index contributed by atoms with van der Waals surface area (Å²) < 4.78 is 35.7. The number of thiol groups is 1. The van der Waals surface area contributed by atoms with E-state index in [1.165, 1.54) is 6.92 Å². The van der Waals surface area contributed by atoms with Crippen LogP contribution >= 0.6 is 19.0 Å². The molecule has 8 atom stereocenters. The quantitative estimate of drug-likeness (QED) is 0.132. The number of aryl methyl sites for hydroxylation is 1. The Morgan fingerprint density at radius 2 is 1.67 bits per heavy atom. The Bertz CT molecular complexity index is 1310. The molecule has 0 aromatic carbocycles. The van der Waals surface area contributed by atoms with Crippen LogP contribution in [0.15, 0.2) is 15.8 Å². The minimum atomic E-state index is -4.76. The van der Waals surface area contributed by atoms with Gasteiger partial charge in [0.25, 0.3) is 11.5 Å². The second-order valence-electron chi connectivity index (χ2n) is 9.59. The van der Waals surface area contributed by atoms with Gasteiger partial charge in [0.15, 0.2) is 5.60 Å². The maximum Gasteiger partial charge on any atom is 0.456 e. The predicted molar refractivity (Wildman–Crippen MR) is 131 cm³/mol. The van der Waals surface area contributed by atoms with Crippen molar-refractivity contribution in [1.29, 1.82) is 0 Å². The minimum absolute atomic E-state index is 0.0535. The zero-order valence-corrected chi connectivity index (χ0v) is 22.6. The van der Waals surface area contributed by atoms with E-state index in [0.717, 1.165) is 22.6 Å². The number of nitrogens with one attached hydrogen (secondary N) is 1. The Morgan fingerprint density at radius 3 is 2.23 bits per heavy atom. The van der Waals surface area contributed by atoms with Crippen LogP contribution in [0.3, 0.4) is 0 Å². The van der Waals surface area contributed by atoms with E-state index in [1.807, 2.05) is 5.32 Å². The molecule has 5 N–H and O–H groups in total. The van der Waals surface area contributed by atoms with Gasteiger partial charge < -0.3 is 34.5 Å². The number of aromatic nitrogens is 2. The highest BCUT2D eigenvalue weighted by molar-refractivity contribution is 8.44. The molecule has 0 saturated carbocycles. The van der Waals surface area contributed by atoms with Crippen molar-refractivity contribution in [1.82, 2.24) is 19.5 Å². The number of rotatable bonds is 8. The van der Waals surface area contributed by atoms with Crippen molar-refractivity contribution in [3.8, 4) is 0 Å². The first-order valence-corrected chi connectivity index (χ1v) is 14.5. The van der Waals surface area contributed by atoms with E-state index in [1.54, 1.807) is 0 Å². The van der Waals surface area contributed by atoms with Crippen molar-refractivity contribution >= 4 is 31.0 Å². The Morgan fingerprint density at radius 1 is 1.10 bits per heavy atom. The Balaban J connectivity index is 1.57. The van der Waals surface area contributed by atoms with Crippen molar-refractivity contribution in [3.05, 3.63) is 32.6 Å². The monoisotopic (exact) mass is 596 g/mol. The Hall–Kier alpha value is -2.28. The molecular weight excluding hydrogens is 567 g/mol. The van der Waals surface area contributed by atoms with Crippen molar-refractivity contribution < 1.29 is 53.2 Å². The molecule has 3 amide bonds. The van der Waals surface area contributed by atoms with Crippen molar-refractivity contribution in [3.63, 3.8) is 0 Å². The van der Waals surface area contributed by atoms with Crippen LogP contribution in [0.5, 0.6) is 0 Å². The number of nitrogens with zero attached hydrogens (tertiary/aromatic N) is 3. The highest BCUT2D eigenvalue weighted by Crippen LogP contribution is 2.53. The predicted octanol–water partition coefficient (Wildman–Crippen LogP) is -2.78. The Kier molecular flexibility index (Phi) is 8.33. The first kappa shape index (κ1) is 29.7. The van der Waals surface area contributed by atoms with Crippen molar-refractivity contribution in [2.75, 3.05) is 19.8 Å². The van der Waals surface area contributed by atoms with Gasteiger partial charge in [0.05, 0.1) is 32.0 Å². The van der Waals surface area contributed by atoms with E-state index < -0.39 is 92.2 Å². The van der Waals surface area contributed by atoms with E-state index in [4.69, 9.17) is 18.6 Å². The summed E-state index contributed by atoms with van der Waals surface area (Å²) in [6, 6.07) is -0.899. The summed E-state index contributed by atoms with van der Waals surface area (Å²) in [5, 5.41) is 40.7. The average molecular weight is 597 g/mol. The number of amides is 3. The summed E-state index contributed by atoms with van der Waals surface area (Å²) in [7, 11) is 0. The summed E-state index contributed by atoms with van der Waals surface area (Å²) in [4.78, 5) is 51.9. The highest BCUT2D eigenvalue weighted by atomic mass is 32.7. The lowest BCUT2D eigenvalue weighted by atomic mass is 10.0. The molecule has 0 radical (unpaired) electrons. The number of carbonyl (C=O) groups is 2. The van der Waals surface area contributed by atoms with Crippen LogP contribution in [-0.4, -0.2) is 103 Å². The van der Waals surface area contributed by atoms with Crippen LogP contribution in [0.1, 0.15) is 31.6 Å². The van der Waals surface area contributed by atoms with Gasteiger partial charge in [-0.25, -0.2) is 14.2 Å². The van der Waals surface area contributed by atoms with Gasteiger partial charge in [-0.1, -0.05) is 4.73 Å². The fourth-order valence-corrected chi connectivity index (χ4v) is 6.31. The van der Waals surface area contributed by atoms with Gasteiger partial charge in [-0.15, -0.1) is 0 Å². The summed E-state index contributed by atoms with van der Waals surface area (Å²) in [6.07, 6.45) is -5.35. The fraction of sp³-hybridized carbons (Fsp3) is 0.700. The lowest BCUT2D eigenvalue weighted by molar-refractivity contribution is -0.144. The molecule has 218 valence electrons. The molecule has 17 nitrogen and oxygen atoms in total.